The van der Waals surface area contributed by atoms with Crippen LogP contribution in [0, 0.1) is 0 Å². The molecule has 2 amide bonds. The van der Waals surface area contributed by atoms with Crippen molar-refractivity contribution in [2.24, 2.45) is 0 Å². The Balaban J connectivity index is 2.70. The second kappa shape index (κ2) is 5.21. The number of ether oxygens (including phenoxy) is 1. The van der Waals surface area contributed by atoms with E-state index in [1.807, 2.05) is 0 Å². The third kappa shape index (κ3) is 3.63. The van der Waals surface area contributed by atoms with Crippen LogP contribution in [0.1, 0.15) is 20.8 Å². The highest BCUT2D eigenvalue weighted by atomic mass is 127. The average Bonchev–Trinajstić information content (AvgIpc) is 2.33. The lowest BCUT2D eigenvalue weighted by molar-refractivity contribution is -0.160. The van der Waals surface area contributed by atoms with Crippen molar-refractivity contribution in [1.29, 1.82) is 0 Å². The summed E-state index contributed by atoms with van der Waals surface area (Å²) >= 11 is 3.59. The van der Waals surface area contributed by atoms with Crippen LogP contribution in [-0.2, 0) is 19.1 Å². The molecule has 94 valence electrons. The van der Waals surface area contributed by atoms with Gasteiger partial charge in [0.15, 0.2) is 0 Å². The van der Waals surface area contributed by atoms with Crippen molar-refractivity contribution in [3.8, 4) is 0 Å². The molecular formula is C10H11I2NO4. The zero-order chi connectivity index (χ0) is 13.4. The van der Waals surface area contributed by atoms with Crippen molar-refractivity contribution < 1.29 is 19.1 Å². The minimum Gasteiger partial charge on any atom is -0.459 e. The normalized spacial score (nSPS) is 16.9. The molecule has 1 rings (SSSR count). The van der Waals surface area contributed by atoms with E-state index in [2.05, 4.69) is 0 Å². The molecule has 1 aliphatic rings. The quantitative estimate of drug-likeness (QED) is 0.356. The molecule has 0 radical (unpaired) electrons. The molecule has 0 aromatic heterocycles. The first kappa shape index (κ1) is 14.9. The van der Waals surface area contributed by atoms with Crippen LogP contribution in [0.5, 0.6) is 0 Å². The summed E-state index contributed by atoms with van der Waals surface area (Å²) in [6, 6.07) is 0. The van der Waals surface area contributed by atoms with Crippen LogP contribution in [0.3, 0.4) is 0 Å². The van der Waals surface area contributed by atoms with Gasteiger partial charge in [0.2, 0.25) is 0 Å². The Kier molecular flexibility index (Phi) is 4.55. The van der Waals surface area contributed by atoms with E-state index in [9.17, 15) is 14.4 Å². The summed E-state index contributed by atoms with van der Waals surface area (Å²) in [5, 5.41) is 0. The van der Waals surface area contributed by atoms with Gasteiger partial charge in [0, 0.05) is 0 Å². The standard InChI is InChI=1S/C10H11I2NO4/c1-10(2,3)17-5(14)4-13-8(15)6(11)7(12)9(13)16/h4H2,1-3H3. The molecule has 0 bridgehead atoms. The summed E-state index contributed by atoms with van der Waals surface area (Å²) in [6.45, 7) is 4.84. The summed E-state index contributed by atoms with van der Waals surface area (Å²) in [6.07, 6.45) is 0. The molecule has 0 saturated carbocycles. The Labute approximate surface area is 126 Å². The lowest BCUT2D eigenvalue weighted by Crippen LogP contribution is -2.39. The van der Waals surface area contributed by atoms with Crippen LogP contribution in [-0.4, -0.2) is 34.8 Å². The first-order chi connectivity index (χ1) is 7.63. The molecule has 0 aromatic rings. The van der Waals surface area contributed by atoms with E-state index >= 15 is 0 Å². The fraction of sp³-hybridized carbons (Fsp3) is 0.500. The summed E-state index contributed by atoms with van der Waals surface area (Å²) in [5.74, 6) is -1.47. The molecule has 0 atom stereocenters. The fourth-order valence-electron chi connectivity index (χ4n) is 1.16. The molecule has 0 aliphatic carbocycles. The predicted octanol–water partition coefficient (Wildman–Crippen LogP) is 1.78. The highest BCUT2D eigenvalue weighted by Gasteiger charge is 2.37. The minimum absolute atomic E-state index is 0.339. The van der Waals surface area contributed by atoms with Crippen LogP contribution >= 0.6 is 45.2 Å². The number of carbonyl (C=O) groups excluding carboxylic acids is 3. The number of halogens is 2. The van der Waals surface area contributed by atoms with Crippen molar-refractivity contribution in [3.63, 3.8) is 0 Å². The number of imide groups is 1. The smallest absolute Gasteiger partial charge is 0.326 e. The molecule has 5 nitrogen and oxygen atoms in total. The molecule has 0 N–H and O–H groups in total. The maximum atomic E-state index is 11.7. The zero-order valence-corrected chi connectivity index (χ0v) is 13.9. The van der Waals surface area contributed by atoms with Gasteiger partial charge in [-0.3, -0.25) is 19.3 Å². The Hall–Kier alpha value is -0.190. The van der Waals surface area contributed by atoms with E-state index in [0.717, 1.165) is 4.90 Å². The second-order valence-corrected chi connectivity index (χ2v) is 6.57. The summed E-state index contributed by atoms with van der Waals surface area (Å²) in [5.41, 5.74) is -0.628. The predicted molar refractivity (Wildman–Crippen MR) is 77.6 cm³/mol. The highest BCUT2D eigenvalue weighted by Crippen LogP contribution is 2.30. The van der Waals surface area contributed by atoms with Crippen LogP contribution in [0.4, 0.5) is 0 Å². The monoisotopic (exact) mass is 463 g/mol. The van der Waals surface area contributed by atoms with Crippen LogP contribution < -0.4 is 0 Å². The van der Waals surface area contributed by atoms with Gasteiger partial charge in [0.05, 0.1) is 7.16 Å². The lowest BCUT2D eigenvalue weighted by atomic mass is 10.2. The summed E-state index contributed by atoms with van der Waals surface area (Å²) < 4.78 is 5.75. The van der Waals surface area contributed by atoms with E-state index in [1.165, 1.54) is 0 Å². The molecule has 0 spiro atoms. The molecule has 1 aliphatic heterocycles. The first-order valence-corrected chi connectivity index (χ1v) is 6.92. The number of esters is 1. The molecular weight excluding hydrogens is 452 g/mol. The molecule has 0 unspecified atom stereocenters. The molecule has 0 aromatic carbocycles. The van der Waals surface area contributed by atoms with Gasteiger partial charge >= 0.3 is 5.97 Å². The molecule has 17 heavy (non-hydrogen) atoms. The van der Waals surface area contributed by atoms with Crippen molar-refractivity contribution in [3.05, 3.63) is 7.16 Å². The first-order valence-electron chi connectivity index (χ1n) is 4.77. The topological polar surface area (TPSA) is 63.7 Å². The van der Waals surface area contributed by atoms with E-state index < -0.39 is 23.4 Å². The van der Waals surface area contributed by atoms with Gasteiger partial charge in [-0.15, -0.1) is 0 Å². The number of hydrogen-bond donors (Lipinski definition) is 0. The van der Waals surface area contributed by atoms with Gasteiger partial charge in [0.25, 0.3) is 11.8 Å². The average molecular weight is 463 g/mol. The number of carbonyl (C=O) groups is 3. The molecule has 1 heterocycles. The van der Waals surface area contributed by atoms with Gasteiger partial charge in [-0.25, -0.2) is 0 Å². The SMILES string of the molecule is CC(C)(C)OC(=O)CN1C(=O)C(I)=C(I)C1=O. The fourth-order valence-corrected chi connectivity index (χ4v) is 2.21. The van der Waals surface area contributed by atoms with Crippen LogP contribution in [0.2, 0.25) is 0 Å². The highest BCUT2D eigenvalue weighted by molar-refractivity contribution is 14.1. The molecule has 0 saturated heterocycles. The Morgan fingerprint density at radius 2 is 1.59 bits per heavy atom. The van der Waals surface area contributed by atoms with E-state index in [-0.39, 0.29) is 6.54 Å². The Morgan fingerprint density at radius 3 is 1.94 bits per heavy atom. The number of hydrogen-bond acceptors (Lipinski definition) is 4. The van der Waals surface area contributed by atoms with Crippen molar-refractivity contribution >= 4 is 63.0 Å². The Bertz CT molecular complexity index is 399. The van der Waals surface area contributed by atoms with Crippen molar-refractivity contribution in [2.75, 3.05) is 6.54 Å². The van der Waals surface area contributed by atoms with E-state index in [1.54, 1.807) is 66.0 Å². The van der Waals surface area contributed by atoms with Gasteiger partial charge < -0.3 is 4.74 Å². The minimum atomic E-state index is -0.628. The number of rotatable bonds is 2. The van der Waals surface area contributed by atoms with Gasteiger partial charge in [-0.1, -0.05) is 0 Å². The molecule has 7 heteroatoms. The van der Waals surface area contributed by atoms with Crippen LogP contribution in [0.25, 0.3) is 0 Å². The zero-order valence-electron chi connectivity index (χ0n) is 9.54. The third-order valence-electron chi connectivity index (χ3n) is 1.77. The van der Waals surface area contributed by atoms with E-state index in [4.69, 9.17) is 4.74 Å². The number of nitrogens with zero attached hydrogens (tertiary/aromatic N) is 1. The third-order valence-corrected chi connectivity index (χ3v) is 4.80. The second-order valence-electron chi connectivity index (χ2n) is 4.41. The molecule has 0 fully saturated rings. The van der Waals surface area contributed by atoms with Gasteiger partial charge in [0.1, 0.15) is 12.1 Å². The maximum absolute atomic E-state index is 11.7. The van der Waals surface area contributed by atoms with E-state index in [0.29, 0.717) is 7.16 Å². The lowest BCUT2D eigenvalue weighted by Gasteiger charge is -2.21. The van der Waals surface area contributed by atoms with Crippen molar-refractivity contribution in [2.45, 2.75) is 26.4 Å². The largest absolute Gasteiger partial charge is 0.459 e. The maximum Gasteiger partial charge on any atom is 0.326 e. The van der Waals surface area contributed by atoms with Crippen LogP contribution in [0.15, 0.2) is 7.16 Å². The van der Waals surface area contributed by atoms with Gasteiger partial charge in [-0.05, 0) is 66.0 Å². The number of amides is 2. The summed E-state index contributed by atoms with van der Waals surface area (Å²) in [4.78, 5) is 35.7. The van der Waals surface area contributed by atoms with Gasteiger partial charge in [-0.2, -0.15) is 0 Å². The van der Waals surface area contributed by atoms with Crippen molar-refractivity contribution in [1.82, 2.24) is 4.90 Å². The summed E-state index contributed by atoms with van der Waals surface area (Å²) in [7, 11) is 0. The Morgan fingerprint density at radius 1 is 1.18 bits per heavy atom.